The highest BCUT2D eigenvalue weighted by atomic mass is 16.5. The van der Waals surface area contributed by atoms with Crippen molar-refractivity contribution in [1.29, 1.82) is 5.26 Å². The van der Waals surface area contributed by atoms with Crippen molar-refractivity contribution in [3.63, 3.8) is 0 Å². The summed E-state index contributed by atoms with van der Waals surface area (Å²) in [7, 11) is 0. The number of rotatable bonds is 5. The van der Waals surface area contributed by atoms with Crippen LogP contribution in [-0.4, -0.2) is 14.8 Å². The van der Waals surface area contributed by atoms with E-state index in [2.05, 4.69) is 20.8 Å². The van der Waals surface area contributed by atoms with Crippen LogP contribution in [0.3, 0.4) is 0 Å². The van der Waals surface area contributed by atoms with E-state index in [1.54, 1.807) is 0 Å². The van der Waals surface area contributed by atoms with E-state index in [0.717, 1.165) is 48.5 Å². The largest absolute Gasteiger partial charge is 0.488 e. The lowest BCUT2D eigenvalue weighted by molar-refractivity contribution is 0.305. The number of aryl methyl sites for hydroxylation is 1. The van der Waals surface area contributed by atoms with Gasteiger partial charge in [0.25, 0.3) is 0 Å². The molecule has 0 radical (unpaired) electrons. The monoisotopic (exact) mass is 370 g/mol. The highest BCUT2D eigenvalue weighted by Crippen LogP contribution is 2.26. The molecule has 2 heterocycles. The van der Waals surface area contributed by atoms with E-state index in [0.29, 0.717) is 18.0 Å². The van der Waals surface area contributed by atoms with Crippen LogP contribution in [0.5, 0.6) is 5.75 Å². The van der Waals surface area contributed by atoms with Crippen molar-refractivity contribution in [2.75, 3.05) is 0 Å². The van der Waals surface area contributed by atoms with Crippen LogP contribution >= 0.6 is 0 Å². The van der Waals surface area contributed by atoms with Crippen molar-refractivity contribution < 1.29 is 4.74 Å². The zero-order valence-corrected chi connectivity index (χ0v) is 15.7. The highest BCUT2D eigenvalue weighted by molar-refractivity contribution is 5.88. The maximum absolute atomic E-state index is 9.79. The molecule has 0 N–H and O–H groups in total. The molecule has 3 aromatic rings. The first-order chi connectivity index (χ1) is 13.8. The van der Waals surface area contributed by atoms with E-state index in [-0.39, 0.29) is 0 Å². The Balaban J connectivity index is 1.63. The molecule has 0 saturated carbocycles. The zero-order valence-electron chi connectivity index (χ0n) is 15.7. The second kappa shape index (κ2) is 8.53. The predicted octanol–water partition coefficient (Wildman–Crippen LogP) is 4.65. The fourth-order valence-electron chi connectivity index (χ4n) is 3.45. The third-order valence-corrected chi connectivity index (χ3v) is 4.93. The average Bonchev–Trinajstić information content (AvgIpc) is 2.99. The first kappa shape index (κ1) is 18.0. The van der Waals surface area contributed by atoms with Gasteiger partial charge in [-0.15, -0.1) is 10.2 Å². The van der Waals surface area contributed by atoms with Crippen LogP contribution in [-0.2, 0) is 19.6 Å². The second-order valence-corrected chi connectivity index (χ2v) is 6.88. The molecular weight excluding hydrogens is 348 g/mol. The lowest BCUT2D eigenvalue weighted by atomic mass is 10.1. The first-order valence-corrected chi connectivity index (χ1v) is 9.65. The maximum atomic E-state index is 9.79. The average molecular weight is 370 g/mol. The minimum atomic E-state index is 0.480. The van der Waals surface area contributed by atoms with E-state index < -0.39 is 0 Å². The van der Waals surface area contributed by atoms with Crippen molar-refractivity contribution in [1.82, 2.24) is 14.8 Å². The molecule has 0 aliphatic carbocycles. The van der Waals surface area contributed by atoms with E-state index in [1.807, 2.05) is 60.7 Å². The molecule has 1 aromatic heterocycles. The molecule has 1 aliphatic heterocycles. The van der Waals surface area contributed by atoms with Crippen molar-refractivity contribution >= 4 is 11.6 Å². The van der Waals surface area contributed by atoms with Crippen LogP contribution < -0.4 is 4.74 Å². The van der Waals surface area contributed by atoms with Gasteiger partial charge < -0.3 is 9.30 Å². The number of para-hydroxylation sites is 1. The highest BCUT2D eigenvalue weighted by Gasteiger charge is 2.18. The summed E-state index contributed by atoms with van der Waals surface area (Å²) in [6, 6.07) is 20.1. The first-order valence-electron chi connectivity index (χ1n) is 9.65. The topological polar surface area (TPSA) is 63.7 Å². The van der Waals surface area contributed by atoms with Crippen LogP contribution in [0.1, 0.15) is 42.0 Å². The third-order valence-electron chi connectivity index (χ3n) is 4.93. The molecule has 4 rings (SSSR count). The van der Waals surface area contributed by atoms with Gasteiger partial charge in [-0.2, -0.15) is 5.26 Å². The van der Waals surface area contributed by atoms with Gasteiger partial charge in [0.2, 0.25) is 0 Å². The molecule has 0 fully saturated rings. The minimum Gasteiger partial charge on any atom is -0.488 e. The van der Waals surface area contributed by atoms with Crippen molar-refractivity contribution in [2.45, 2.75) is 38.8 Å². The predicted molar refractivity (Wildman–Crippen MR) is 108 cm³/mol. The normalized spacial score (nSPS) is 14.0. The molecule has 28 heavy (non-hydrogen) atoms. The molecule has 2 aromatic carbocycles. The summed E-state index contributed by atoms with van der Waals surface area (Å²) >= 11 is 0. The number of ether oxygens (including phenoxy) is 1. The lowest BCUT2D eigenvalue weighted by Gasteiger charge is -2.10. The van der Waals surface area contributed by atoms with Crippen LogP contribution in [0.15, 0.2) is 54.6 Å². The SMILES string of the molecule is N#CC(=Cc1ccccc1OCc1ccccc1)c1nnc2n1CCCCC2. The van der Waals surface area contributed by atoms with Gasteiger partial charge in [-0.25, -0.2) is 0 Å². The molecule has 0 bridgehead atoms. The van der Waals surface area contributed by atoms with Crippen LogP contribution in [0.4, 0.5) is 0 Å². The molecule has 0 amide bonds. The van der Waals surface area contributed by atoms with Gasteiger partial charge in [0.05, 0.1) is 5.57 Å². The Morgan fingerprint density at radius 1 is 1.04 bits per heavy atom. The molecule has 140 valence electrons. The summed E-state index contributed by atoms with van der Waals surface area (Å²) in [5.74, 6) is 2.37. The fourth-order valence-corrected chi connectivity index (χ4v) is 3.45. The van der Waals surface area contributed by atoms with Gasteiger partial charge in [-0.3, -0.25) is 0 Å². The Bertz CT molecular complexity index is 1010. The van der Waals surface area contributed by atoms with E-state index in [4.69, 9.17) is 4.74 Å². The van der Waals surface area contributed by atoms with Gasteiger partial charge in [-0.1, -0.05) is 55.0 Å². The Hall–Kier alpha value is -3.39. The smallest absolute Gasteiger partial charge is 0.174 e. The van der Waals surface area contributed by atoms with Crippen LogP contribution in [0, 0.1) is 11.3 Å². The molecule has 0 atom stereocenters. The molecule has 0 spiro atoms. The van der Waals surface area contributed by atoms with E-state index in [9.17, 15) is 5.26 Å². The number of fused-ring (bicyclic) bond motifs is 1. The fraction of sp³-hybridized carbons (Fsp3) is 0.261. The Morgan fingerprint density at radius 3 is 2.71 bits per heavy atom. The molecule has 1 aliphatic rings. The summed E-state index contributed by atoms with van der Waals surface area (Å²) in [5, 5.41) is 18.4. The van der Waals surface area contributed by atoms with E-state index in [1.165, 1.54) is 6.42 Å². The molecule has 5 nitrogen and oxygen atoms in total. The van der Waals surface area contributed by atoms with Crippen molar-refractivity contribution in [3.8, 4) is 11.8 Å². The van der Waals surface area contributed by atoms with Gasteiger partial charge in [0, 0.05) is 18.5 Å². The second-order valence-electron chi connectivity index (χ2n) is 6.88. The number of hydrogen-bond donors (Lipinski definition) is 0. The van der Waals surface area contributed by atoms with Gasteiger partial charge in [0.1, 0.15) is 24.3 Å². The van der Waals surface area contributed by atoms with Crippen LogP contribution in [0.25, 0.3) is 11.6 Å². The number of benzene rings is 2. The van der Waals surface area contributed by atoms with Gasteiger partial charge in [0.15, 0.2) is 5.82 Å². The summed E-state index contributed by atoms with van der Waals surface area (Å²) in [5.41, 5.74) is 2.47. The number of hydrogen-bond acceptors (Lipinski definition) is 4. The maximum Gasteiger partial charge on any atom is 0.174 e. The quantitative estimate of drug-likeness (QED) is 0.613. The van der Waals surface area contributed by atoms with Crippen LogP contribution in [0.2, 0.25) is 0 Å². The lowest BCUT2D eigenvalue weighted by Crippen LogP contribution is -2.05. The van der Waals surface area contributed by atoms with Gasteiger partial charge >= 0.3 is 0 Å². The Kier molecular flexibility index (Phi) is 5.48. The molecule has 5 heteroatoms. The third kappa shape index (κ3) is 3.96. The Labute approximate surface area is 164 Å². The summed E-state index contributed by atoms with van der Waals surface area (Å²) in [4.78, 5) is 0. The van der Waals surface area contributed by atoms with Crippen molar-refractivity contribution in [2.24, 2.45) is 0 Å². The number of nitrogens with zero attached hydrogens (tertiary/aromatic N) is 4. The Morgan fingerprint density at radius 2 is 1.86 bits per heavy atom. The summed E-state index contributed by atoms with van der Waals surface area (Å²) in [6.45, 7) is 1.34. The number of nitriles is 1. The molecular formula is C23H22N4O. The molecule has 0 unspecified atom stereocenters. The minimum absolute atomic E-state index is 0.480. The number of allylic oxidation sites excluding steroid dienone is 1. The summed E-state index contributed by atoms with van der Waals surface area (Å²) < 4.78 is 8.11. The standard InChI is InChI=1S/C23H22N4O/c24-16-20(23-26-25-22-13-5-2-8-14-27(22)23)15-19-11-6-7-12-21(19)28-17-18-9-3-1-4-10-18/h1,3-4,6-7,9-12,15H,2,5,8,13-14,17H2. The molecule has 0 saturated heterocycles. The zero-order chi connectivity index (χ0) is 19.2. The van der Waals surface area contributed by atoms with E-state index >= 15 is 0 Å². The number of aromatic nitrogens is 3. The van der Waals surface area contributed by atoms with Gasteiger partial charge in [-0.05, 0) is 30.5 Å². The summed E-state index contributed by atoms with van der Waals surface area (Å²) in [6.07, 6.45) is 6.17. The van der Waals surface area contributed by atoms with Crippen molar-refractivity contribution in [3.05, 3.63) is 77.4 Å².